The topological polar surface area (TPSA) is 77.0 Å². The zero-order chi connectivity index (χ0) is 17.6. The fourth-order valence-corrected chi connectivity index (χ4v) is 4.14. The standard InChI is InChI=1S/C18H25N5OS/c1-2-22(15-11-7-4-8-12-15)16(24)13-25-18-21-20-17(23(18)19)14-9-5-3-6-10-14/h3,5-6,9-10,15H,2,4,7-8,11-13,19H2,1H3. The Morgan fingerprint density at radius 2 is 1.96 bits per heavy atom. The molecule has 7 heteroatoms. The molecule has 2 aromatic rings. The molecule has 0 aliphatic heterocycles. The lowest BCUT2D eigenvalue weighted by molar-refractivity contribution is -0.131. The van der Waals surface area contributed by atoms with Crippen LogP contribution in [0.3, 0.4) is 0 Å². The van der Waals surface area contributed by atoms with Crippen LogP contribution in [0.15, 0.2) is 35.5 Å². The quantitative estimate of drug-likeness (QED) is 0.634. The Labute approximate surface area is 152 Å². The molecule has 0 atom stereocenters. The van der Waals surface area contributed by atoms with Gasteiger partial charge in [0.25, 0.3) is 0 Å². The highest BCUT2D eigenvalue weighted by Crippen LogP contribution is 2.25. The van der Waals surface area contributed by atoms with Crippen LogP contribution in [0.4, 0.5) is 0 Å². The van der Waals surface area contributed by atoms with Gasteiger partial charge in [0.1, 0.15) is 0 Å². The van der Waals surface area contributed by atoms with Crippen molar-refractivity contribution >= 4 is 17.7 Å². The average Bonchev–Trinajstić information content (AvgIpc) is 3.03. The van der Waals surface area contributed by atoms with E-state index in [1.54, 1.807) is 0 Å². The number of hydrogen-bond donors (Lipinski definition) is 1. The fraction of sp³-hybridized carbons (Fsp3) is 0.500. The molecule has 1 aromatic carbocycles. The van der Waals surface area contributed by atoms with Crippen molar-refractivity contribution in [1.29, 1.82) is 0 Å². The van der Waals surface area contributed by atoms with Gasteiger partial charge >= 0.3 is 0 Å². The van der Waals surface area contributed by atoms with Crippen molar-refractivity contribution in [3.05, 3.63) is 30.3 Å². The normalized spacial score (nSPS) is 15.2. The molecule has 1 amide bonds. The number of nitrogens with zero attached hydrogens (tertiary/aromatic N) is 4. The summed E-state index contributed by atoms with van der Waals surface area (Å²) in [6.07, 6.45) is 5.97. The molecule has 134 valence electrons. The number of benzene rings is 1. The average molecular weight is 359 g/mol. The Kier molecular flexibility index (Phi) is 5.96. The van der Waals surface area contributed by atoms with E-state index in [2.05, 4.69) is 17.1 Å². The number of rotatable bonds is 6. The Bertz CT molecular complexity index is 697. The Morgan fingerprint density at radius 1 is 1.24 bits per heavy atom. The second kappa shape index (κ2) is 8.38. The number of nitrogens with two attached hydrogens (primary N) is 1. The van der Waals surface area contributed by atoms with Crippen molar-refractivity contribution in [3.8, 4) is 11.4 Å². The van der Waals surface area contributed by atoms with Crippen molar-refractivity contribution in [3.63, 3.8) is 0 Å². The van der Waals surface area contributed by atoms with Gasteiger partial charge in [-0.15, -0.1) is 10.2 Å². The smallest absolute Gasteiger partial charge is 0.233 e. The molecule has 0 bridgehead atoms. The molecule has 6 nitrogen and oxygen atoms in total. The molecule has 2 N–H and O–H groups in total. The number of carbonyl (C=O) groups excluding carboxylic acids is 1. The number of hydrogen-bond acceptors (Lipinski definition) is 5. The maximum Gasteiger partial charge on any atom is 0.233 e. The minimum absolute atomic E-state index is 0.156. The first kappa shape index (κ1) is 17.8. The third kappa shape index (κ3) is 4.15. The SMILES string of the molecule is CCN(C(=O)CSc1nnc(-c2ccccc2)n1N)C1CCCCC1. The van der Waals surface area contributed by atoms with Crippen LogP contribution < -0.4 is 5.84 Å². The number of thioether (sulfide) groups is 1. The van der Waals surface area contributed by atoms with Gasteiger partial charge in [-0.1, -0.05) is 61.4 Å². The Balaban J connectivity index is 1.63. The summed E-state index contributed by atoms with van der Waals surface area (Å²) >= 11 is 1.35. The molecule has 3 rings (SSSR count). The predicted octanol–water partition coefficient (Wildman–Crippen LogP) is 2.93. The van der Waals surface area contributed by atoms with Crippen LogP contribution in [-0.2, 0) is 4.79 Å². The summed E-state index contributed by atoms with van der Waals surface area (Å²) in [6, 6.07) is 10.1. The zero-order valence-corrected chi connectivity index (χ0v) is 15.4. The highest BCUT2D eigenvalue weighted by atomic mass is 32.2. The van der Waals surface area contributed by atoms with Crippen LogP contribution in [0.25, 0.3) is 11.4 Å². The number of nitrogen functional groups attached to an aromatic ring is 1. The lowest BCUT2D eigenvalue weighted by Crippen LogP contribution is -2.42. The van der Waals surface area contributed by atoms with E-state index in [1.807, 2.05) is 35.2 Å². The first-order valence-corrected chi connectivity index (χ1v) is 9.87. The molecule has 1 saturated carbocycles. The third-order valence-electron chi connectivity index (χ3n) is 4.70. The minimum atomic E-state index is 0.156. The maximum atomic E-state index is 12.6. The van der Waals surface area contributed by atoms with Crippen LogP contribution in [-0.4, -0.2) is 44.0 Å². The first-order valence-electron chi connectivity index (χ1n) is 8.89. The first-order chi connectivity index (χ1) is 12.2. The van der Waals surface area contributed by atoms with Crippen LogP contribution >= 0.6 is 11.8 Å². The second-order valence-electron chi connectivity index (χ2n) is 6.30. The summed E-state index contributed by atoms with van der Waals surface area (Å²) in [5.74, 6) is 7.22. The third-order valence-corrected chi connectivity index (χ3v) is 5.63. The highest BCUT2D eigenvalue weighted by molar-refractivity contribution is 7.99. The molecule has 1 heterocycles. The van der Waals surface area contributed by atoms with E-state index < -0.39 is 0 Å². The number of carbonyl (C=O) groups is 1. The summed E-state index contributed by atoms with van der Waals surface area (Å²) in [5, 5.41) is 8.86. The lowest BCUT2D eigenvalue weighted by Gasteiger charge is -2.33. The van der Waals surface area contributed by atoms with Crippen LogP contribution in [0.5, 0.6) is 0 Å². The summed E-state index contributed by atoms with van der Waals surface area (Å²) in [6.45, 7) is 2.81. The van der Waals surface area contributed by atoms with Gasteiger partial charge in [0.15, 0.2) is 5.82 Å². The molecule has 1 fully saturated rings. The Morgan fingerprint density at radius 3 is 2.64 bits per heavy atom. The molecular weight excluding hydrogens is 334 g/mol. The van der Waals surface area contributed by atoms with Gasteiger partial charge in [-0.2, -0.15) is 0 Å². The van der Waals surface area contributed by atoms with Crippen LogP contribution in [0.2, 0.25) is 0 Å². The van der Waals surface area contributed by atoms with Gasteiger partial charge in [0.2, 0.25) is 11.1 Å². The van der Waals surface area contributed by atoms with E-state index in [0.717, 1.165) is 24.9 Å². The molecule has 1 aliphatic rings. The number of aromatic nitrogens is 3. The van der Waals surface area contributed by atoms with E-state index in [1.165, 1.54) is 35.7 Å². The van der Waals surface area contributed by atoms with E-state index in [9.17, 15) is 4.79 Å². The van der Waals surface area contributed by atoms with E-state index >= 15 is 0 Å². The van der Waals surface area contributed by atoms with E-state index in [4.69, 9.17) is 5.84 Å². The lowest BCUT2D eigenvalue weighted by atomic mass is 9.94. The zero-order valence-electron chi connectivity index (χ0n) is 14.6. The van der Waals surface area contributed by atoms with Gasteiger partial charge in [-0.25, -0.2) is 4.68 Å². The highest BCUT2D eigenvalue weighted by Gasteiger charge is 2.24. The van der Waals surface area contributed by atoms with Gasteiger partial charge < -0.3 is 10.7 Å². The van der Waals surface area contributed by atoms with Crippen LogP contribution in [0, 0.1) is 0 Å². The van der Waals surface area contributed by atoms with E-state index in [0.29, 0.717) is 22.8 Å². The van der Waals surface area contributed by atoms with Crippen molar-refractivity contribution < 1.29 is 4.79 Å². The van der Waals surface area contributed by atoms with Crippen molar-refractivity contribution in [2.75, 3.05) is 18.1 Å². The second-order valence-corrected chi connectivity index (χ2v) is 7.24. The maximum absolute atomic E-state index is 12.6. The van der Waals surface area contributed by atoms with Gasteiger partial charge in [-0.3, -0.25) is 4.79 Å². The number of amides is 1. The Hall–Kier alpha value is -2.02. The molecule has 0 radical (unpaired) electrons. The summed E-state index contributed by atoms with van der Waals surface area (Å²) in [5.41, 5.74) is 0.910. The van der Waals surface area contributed by atoms with E-state index in [-0.39, 0.29) is 5.91 Å². The molecule has 1 aliphatic carbocycles. The van der Waals surface area contributed by atoms with Crippen LogP contribution in [0.1, 0.15) is 39.0 Å². The molecular formula is C18H25N5OS. The monoisotopic (exact) mass is 359 g/mol. The van der Waals surface area contributed by atoms with Crippen molar-refractivity contribution in [2.24, 2.45) is 0 Å². The van der Waals surface area contributed by atoms with Gasteiger partial charge in [-0.05, 0) is 19.8 Å². The van der Waals surface area contributed by atoms with Gasteiger partial charge in [0, 0.05) is 18.2 Å². The molecule has 1 aromatic heterocycles. The summed E-state index contributed by atoms with van der Waals surface area (Å²) in [7, 11) is 0. The van der Waals surface area contributed by atoms with Crippen molar-refractivity contribution in [2.45, 2.75) is 50.2 Å². The summed E-state index contributed by atoms with van der Waals surface area (Å²) in [4.78, 5) is 14.7. The molecule has 25 heavy (non-hydrogen) atoms. The molecule has 0 unspecified atom stereocenters. The fourth-order valence-electron chi connectivity index (χ4n) is 3.40. The summed E-state index contributed by atoms with van der Waals surface area (Å²) < 4.78 is 1.46. The van der Waals surface area contributed by atoms with Gasteiger partial charge in [0.05, 0.1) is 5.75 Å². The largest absolute Gasteiger partial charge is 0.339 e. The van der Waals surface area contributed by atoms with Crippen molar-refractivity contribution in [1.82, 2.24) is 19.8 Å². The minimum Gasteiger partial charge on any atom is -0.339 e. The predicted molar refractivity (Wildman–Crippen MR) is 101 cm³/mol. The molecule has 0 spiro atoms. The molecule has 0 saturated heterocycles.